The van der Waals surface area contributed by atoms with Gasteiger partial charge >= 0.3 is 0 Å². The van der Waals surface area contributed by atoms with Crippen LogP contribution in [0.4, 0.5) is 0 Å². The smallest absolute Gasteiger partial charge is 0.187 e. The Labute approximate surface area is 112 Å². The number of nitrogens with one attached hydrogen (secondary N) is 1. The summed E-state index contributed by atoms with van der Waals surface area (Å²) in [7, 11) is 0. The van der Waals surface area contributed by atoms with Gasteiger partial charge in [-0.3, -0.25) is 4.79 Å². The Morgan fingerprint density at radius 1 is 1.37 bits per heavy atom. The third kappa shape index (κ3) is 3.06. The number of carbonyl (C=O) groups excluding carboxylic acids is 1. The van der Waals surface area contributed by atoms with E-state index in [4.69, 9.17) is 0 Å². The Morgan fingerprint density at radius 3 is 2.79 bits per heavy atom. The van der Waals surface area contributed by atoms with Crippen LogP contribution in [0.5, 0.6) is 0 Å². The fourth-order valence-corrected chi connectivity index (χ4v) is 1.87. The van der Waals surface area contributed by atoms with Gasteiger partial charge in [0, 0.05) is 12.5 Å². The number of nitrogens with zero attached hydrogens (tertiary/aromatic N) is 3. The average molecular weight is 258 g/mol. The van der Waals surface area contributed by atoms with Gasteiger partial charge in [0.05, 0.1) is 11.9 Å². The fraction of sp³-hybridized carbons (Fsp3) is 0.357. The van der Waals surface area contributed by atoms with Gasteiger partial charge < -0.3 is 5.32 Å². The summed E-state index contributed by atoms with van der Waals surface area (Å²) in [4.78, 5) is 12.4. The van der Waals surface area contributed by atoms with Crippen molar-refractivity contribution >= 4 is 5.78 Å². The summed E-state index contributed by atoms with van der Waals surface area (Å²) in [5, 5.41) is 11.0. The van der Waals surface area contributed by atoms with Crippen molar-refractivity contribution in [2.24, 2.45) is 5.92 Å². The average Bonchev–Trinajstić information content (AvgIpc) is 2.94. The summed E-state index contributed by atoms with van der Waals surface area (Å²) in [5.41, 5.74) is 1.37. The van der Waals surface area contributed by atoms with E-state index in [0.717, 1.165) is 12.2 Å². The van der Waals surface area contributed by atoms with E-state index in [1.807, 2.05) is 44.2 Å². The summed E-state index contributed by atoms with van der Waals surface area (Å²) in [5.74, 6) is -0.0456. The van der Waals surface area contributed by atoms with E-state index in [1.54, 1.807) is 4.68 Å². The second-order valence-electron chi connectivity index (χ2n) is 4.44. The van der Waals surface area contributed by atoms with Crippen LogP contribution in [0.3, 0.4) is 0 Å². The van der Waals surface area contributed by atoms with Crippen LogP contribution in [-0.2, 0) is 0 Å². The lowest BCUT2D eigenvalue weighted by molar-refractivity contribution is 0.0921. The van der Waals surface area contributed by atoms with E-state index in [9.17, 15) is 4.79 Å². The van der Waals surface area contributed by atoms with Crippen molar-refractivity contribution in [1.29, 1.82) is 0 Å². The number of rotatable bonds is 6. The van der Waals surface area contributed by atoms with Gasteiger partial charge in [-0.25, -0.2) is 4.68 Å². The van der Waals surface area contributed by atoms with Crippen molar-refractivity contribution in [2.45, 2.75) is 13.8 Å². The van der Waals surface area contributed by atoms with Gasteiger partial charge in [-0.1, -0.05) is 37.3 Å². The number of ketones is 1. The van der Waals surface area contributed by atoms with Gasteiger partial charge in [-0.15, -0.1) is 5.10 Å². The number of carbonyl (C=O) groups is 1. The van der Waals surface area contributed by atoms with Gasteiger partial charge in [-0.05, 0) is 18.7 Å². The molecule has 2 aromatic rings. The molecule has 1 heterocycles. The van der Waals surface area contributed by atoms with Crippen LogP contribution in [0.15, 0.2) is 36.5 Å². The first-order valence-electron chi connectivity index (χ1n) is 6.45. The van der Waals surface area contributed by atoms with Gasteiger partial charge in [0.15, 0.2) is 5.78 Å². The van der Waals surface area contributed by atoms with E-state index in [0.29, 0.717) is 12.2 Å². The van der Waals surface area contributed by atoms with Gasteiger partial charge in [0.2, 0.25) is 0 Å². The Hall–Kier alpha value is -2.01. The quantitative estimate of drug-likeness (QED) is 0.801. The van der Waals surface area contributed by atoms with E-state index in [1.165, 1.54) is 6.20 Å². The standard InChI is InChI=1S/C14H18N4O/c1-3-15-9-11(2)14(19)13-10-16-17-18(13)12-7-5-4-6-8-12/h4-8,10-11,15H,3,9H2,1-2H3. The lowest BCUT2D eigenvalue weighted by Gasteiger charge is -2.11. The highest BCUT2D eigenvalue weighted by Gasteiger charge is 2.20. The molecular weight excluding hydrogens is 240 g/mol. The summed E-state index contributed by atoms with van der Waals surface area (Å²) >= 11 is 0. The summed E-state index contributed by atoms with van der Waals surface area (Å²) in [6, 6.07) is 9.55. The molecule has 1 aromatic carbocycles. The minimum atomic E-state index is -0.0964. The molecule has 0 aliphatic heterocycles. The molecule has 0 aliphatic carbocycles. The van der Waals surface area contributed by atoms with Crippen LogP contribution in [0.25, 0.3) is 5.69 Å². The molecule has 0 aliphatic rings. The van der Waals surface area contributed by atoms with Crippen LogP contribution in [0, 0.1) is 5.92 Å². The highest BCUT2D eigenvalue weighted by molar-refractivity contribution is 5.96. The van der Waals surface area contributed by atoms with Crippen molar-refractivity contribution < 1.29 is 4.79 Å². The zero-order valence-electron chi connectivity index (χ0n) is 11.2. The van der Waals surface area contributed by atoms with Crippen molar-refractivity contribution in [3.8, 4) is 5.69 Å². The molecule has 19 heavy (non-hydrogen) atoms. The molecule has 100 valence electrons. The Balaban J connectivity index is 2.22. The zero-order chi connectivity index (χ0) is 13.7. The Kier molecular flexibility index (Phi) is 4.41. The molecule has 0 fully saturated rings. The van der Waals surface area contributed by atoms with Crippen LogP contribution < -0.4 is 5.32 Å². The number of hydrogen-bond donors (Lipinski definition) is 1. The largest absolute Gasteiger partial charge is 0.316 e. The maximum absolute atomic E-state index is 12.4. The highest BCUT2D eigenvalue weighted by Crippen LogP contribution is 2.12. The first kappa shape index (κ1) is 13.4. The van der Waals surface area contributed by atoms with E-state index < -0.39 is 0 Å². The molecule has 0 bridgehead atoms. The van der Waals surface area contributed by atoms with Crippen molar-refractivity contribution in [2.75, 3.05) is 13.1 Å². The summed E-state index contributed by atoms with van der Waals surface area (Å²) < 4.78 is 1.59. The fourth-order valence-electron chi connectivity index (χ4n) is 1.87. The Morgan fingerprint density at radius 2 is 2.11 bits per heavy atom. The Bertz CT molecular complexity index is 535. The molecule has 1 aromatic heterocycles. The first-order valence-corrected chi connectivity index (χ1v) is 6.45. The second-order valence-corrected chi connectivity index (χ2v) is 4.44. The number of para-hydroxylation sites is 1. The van der Waals surface area contributed by atoms with E-state index in [-0.39, 0.29) is 11.7 Å². The molecule has 2 rings (SSSR count). The molecule has 5 heteroatoms. The van der Waals surface area contributed by atoms with Crippen LogP contribution in [0.1, 0.15) is 24.3 Å². The number of Topliss-reactive ketones (excluding diaryl/α,β-unsaturated/α-hetero) is 1. The van der Waals surface area contributed by atoms with Crippen molar-refractivity contribution in [3.63, 3.8) is 0 Å². The van der Waals surface area contributed by atoms with E-state index >= 15 is 0 Å². The molecule has 0 radical (unpaired) electrons. The first-order chi connectivity index (χ1) is 9.24. The van der Waals surface area contributed by atoms with Crippen LogP contribution in [0.2, 0.25) is 0 Å². The summed E-state index contributed by atoms with van der Waals surface area (Å²) in [6.45, 7) is 5.45. The van der Waals surface area contributed by atoms with Crippen LogP contribution >= 0.6 is 0 Å². The van der Waals surface area contributed by atoms with Gasteiger partial charge in [0.25, 0.3) is 0 Å². The lowest BCUT2D eigenvalue weighted by atomic mass is 10.0. The maximum Gasteiger partial charge on any atom is 0.187 e. The molecular formula is C14H18N4O. The van der Waals surface area contributed by atoms with Crippen molar-refractivity contribution in [1.82, 2.24) is 20.3 Å². The van der Waals surface area contributed by atoms with Gasteiger partial charge in [0.1, 0.15) is 5.69 Å². The minimum absolute atomic E-state index is 0.0507. The molecule has 0 amide bonds. The molecule has 0 saturated carbocycles. The number of aromatic nitrogens is 3. The van der Waals surface area contributed by atoms with Crippen molar-refractivity contribution in [3.05, 3.63) is 42.2 Å². The zero-order valence-corrected chi connectivity index (χ0v) is 11.2. The molecule has 5 nitrogen and oxygen atoms in total. The van der Waals surface area contributed by atoms with E-state index in [2.05, 4.69) is 15.6 Å². The van der Waals surface area contributed by atoms with Crippen LogP contribution in [-0.4, -0.2) is 33.9 Å². The maximum atomic E-state index is 12.4. The third-order valence-electron chi connectivity index (χ3n) is 2.95. The third-order valence-corrected chi connectivity index (χ3v) is 2.95. The SMILES string of the molecule is CCNCC(C)C(=O)c1cnnn1-c1ccccc1. The topological polar surface area (TPSA) is 59.8 Å². The monoisotopic (exact) mass is 258 g/mol. The molecule has 0 spiro atoms. The number of benzene rings is 1. The lowest BCUT2D eigenvalue weighted by Crippen LogP contribution is -2.27. The molecule has 1 unspecified atom stereocenters. The summed E-state index contributed by atoms with van der Waals surface area (Å²) in [6.07, 6.45) is 1.53. The second kappa shape index (κ2) is 6.24. The molecule has 1 atom stereocenters. The van der Waals surface area contributed by atoms with Gasteiger partial charge in [-0.2, -0.15) is 0 Å². The predicted molar refractivity (Wildman–Crippen MR) is 73.4 cm³/mol. The molecule has 0 saturated heterocycles. The highest BCUT2D eigenvalue weighted by atomic mass is 16.1. The molecule has 1 N–H and O–H groups in total. The number of hydrogen-bond acceptors (Lipinski definition) is 4. The normalized spacial score (nSPS) is 12.3. The predicted octanol–water partition coefficient (Wildman–Crippen LogP) is 1.70. The minimum Gasteiger partial charge on any atom is -0.316 e.